The van der Waals surface area contributed by atoms with E-state index in [0.29, 0.717) is 22.9 Å². The van der Waals surface area contributed by atoms with E-state index >= 15 is 0 Å². The largest absolute Gasteiger partial charge is 0.494 e. The topological polar surface area (TPSA) is 95.1 Å². The molecule has 18 heavy (non-hydrogen) atoms. The summed E-state index contributed by atoms with van der Waals surface area (Å²) < 4.78 is 6.57. The standard InChI is InChI=1S/C11H13N5O2/c1-16-11(13-6-14-16)15-10(17)7-4-3-5-8(12)9(7)18-2/h3-6H,12H2,1-2H3,(H,13,14,15,17). The van der Waals surface area contributed by atoms with Crippen molar-refractivity contribution >= 4 is 17.5 Å². The molecular formula is C11H13N5O2. The van der Waals surface area contributed by atoms with Crippen LogP contribution in [-0.2, 0) is 7.05 Å². The lowest BCUT2D eigenvalue weighted by molar-refractivity contribution is 0.102. The minimum Gasteiger partial charge on any atom is -0.494 e. The number of carbonyl (C=O) groups excluding carboxylic acids is 1. The van der Waals surface area contributed by atoms with Crippen LogP contribution >= 0.6 is 0 Å². The number of aromatic nitrogens is 3. The molecule has 0 aliphatic rings. The molecule has 0 bridgehead atoms. The van der Waals surface area contributed by atoms with E-state index in [4.69, 9.17) is 10.5 Å². The summed E-state index contributed by atoms with van der Waals surface area (Å²) in [6.45, 7) is 0. The van der Waals surface area contributed by atoms with Crippen LogP contribution in [0.15, 0.2) is 24.5 Å². The molecule has 1 aromatic carbocycles. The monoisotopic (exact) mass is 247 g/mol. The summed E-state index contributed by atoms with van der Waals surface area (Å²) >= 11 is 0. The molecule has 0 saturated heterocycles. The molecule has 94 valence electrons. The number of anilines is 2. The van der Waals surface area contributed by atoms with Crippen LogP contribution in [-0.4, -0.2) is 27.8 Å². The summed E-state index contributed by atoms with van der Waals surface area (Å²) in [4.78, 5) is 16.0. The zero-order chi connectivity index (χ0) is 13.1. The zero-order valence-electron chi connectivity index (χ0n) is 10.0. The molecule has 1 amide bonds. The Balaban J connectivity index is 2.30. The number of hydrogen-bond acceptors (Lipinski definition) is 5. The number of nitrogens with two attached hydrogens (primary N) is 1. The molecule has 7 heteroatoms. The fourth-order valence-electron chi connectivity index (χ4n) is 1.54. The molecule has 3 N–H and O–H groups in total. The third kappa shape index (κ3) is 2.10. The van der Waals surface area contributed by atoms with Crippen molar-refractivity contribution in [2.45, 2.75) is 0 Å². The molecule has 0 atom stereocenters. The van der Waals surface area contributed by atoms with Gasteiger partial charge in [0.15, 0.2) is 5.75 Å². The van der Waals surface area contributed by atoms with E-state index in [-0.39, 0.29) is 5.91 Å². The number of carbonyl (C=O) groups is 1. The first-order valence-corrected chi connectivity index (χ1v) is 5.21. The van der Waals surface area contributed by atoms with Gasteiger partial charge in [-0.3, -0.25) is 10.1 Å². The highest BCUT2D eigenvalue weighted by Crippen LogP contribution is 2.26. The molecule has 0 aliphatic carbocycles. The van der Waals surface area contributed by atoms with Gasteiger partial charge in [-0.1, -0.05) is 6.07 Å². The van der Waals surface area contributed by atoms with Crippen LogP contribution in [0.1, 0.15) is 10.4 Å². The van der Waals surface area contributed by atoms with Crippen LogP contribution in [0.5, 0.6) is 5.75 Å². The molecular weight excluding hydrogens is 234 g/mol. The Kier molecular flexibility index (Phi) is 3.13. The van der Waals surface area contributed by atoms with Crippen molar-refractivity contribution in [1.29, 1.82) is 0 Å². The maximum atomic E-state index is 12.1. The van der Waals surface area contributed by atoms with Crippen LogP contribution in [0.25, 0.3) is 0 Å². The average molecular weight is 247 g/mol. The molecule has 1 heterocycles. The van der Waals surface area contributed by atoms with E-state index in [1.165, 1.54) is 18.1 Å². The summed E-state index contributed by atoms with van der Waals surface area (Å²) in [5, 5.41) is 6.48. The van der Waals surface area contributed by atoms with Crippen LogP contribution in [0, 0.1) is 0 Å². The van der Waals surface area contributed by atoms with E-state index in [2.05, 4.69) is 15.4 Å². The van der Waals surface area contributed by atoms with Crippen molar-refractivity contribution in [2.75, 3.05) is 18.2 Å². The second kappa shape index (κ2) is 4.74. The Labute approximate surface area is 104 Å². The minimum absolute atomic E-state index is 0.345. The summed E-state index contributed by atoms with van der Waals surface area (Å²) in [6, 6.07) is 4.97. The van der Waals surface area contributed by atoms with Crippen molar-refractivity contribution in [3.63, 3.8) is 0 Å². The number of ether oxygens (including phenoxy) is 1. The van der Waals surface area contributed by atoms with E-state index in [0.717, 1.165) is 0 Å². The SMILES string of the molecule is COc1c(N)cccc1C(=O)Nc1ncnn1C. The second-order valence-electron chi connectivity index (χ2n) is 3.59. The van der Waals surface area contributed by atoms with Gasteiger partial charge in [-0.2, -0.15) is 10.1 Å². The van der Waals surface area contributed by atoms with Gasteiger partial charge in [0.1, 0.15) is 6.33 Å². The average Bonchev–Trinajstić information content (AvgIpc) is 2.74. The third-order valence-electron chi connectivity index (χ3n) is 2.43. The first-order valence-electron chi connectivity index (χ1n) is 5.21. The molecule has 0 saturated carbocycles. The Hall–Kier alpha value is -2.57. The van der Waals surface area contributed by atoms with Crippen molar-refractivity contribution < 1.29 is 9.53 Å². The molecule has 2 aromatic rings. The lowest BCUT2D eigenvalue weighted by atomic mass is 10.1. The number of hydrogen-bond donors (Lipinski definition) is 2. The first kappa shape index (κ1) is 11.9. The highest BCUT2D eigenvalue weighted by Gasteiger charge is 2.16. The van der Waals surface area contributed by atoms with E-state index in [9.17, 15) is 4.79 Å². The molecule has 2 rings (SSSR count). The predicted octanol–water partition coefficient (Wildman–Crippen LogP) is 0.658. The predicted molar refractivity (Wildman–Crippen MR) is 66.4 cm³/mol. The van der Waals surface area contributed by atoms with Gasteiger partial charge in [-0.05, 0) is 12.1 Å². The van der Waals surface area contributed by atoms with Gasteiger partial charge in [0.25, 0.3) is 5.91 Å². The van der Waals surface area contributed by atoms with Gasteiger partial charge in [0.05, 0.1) is 18.4 Å². The Bertz CT molecular complexity index is 579. The number of para-hydroxylation sites is 1. The van der Waals surface area contributed by atoms with Crippen molar-refractivity contribution in [1.82, 2.24) is 14.8 Å². The number of nitrogens with one attached hydrogen (secondary N) is 1. The van der Waals surface area contributed by atoms with Crippen LogP contribution in [0.2, 0.25) is 0 Å². The summed E-state index contributed by atoms with van der Waals surface area (Å²) in [5.74, 6) is 0.344. The molecule has 7 nitrogen and oxygen atoms in total. The van der Waals surface area contributed by atoms with Crippen LogP contribution in [0.3, 0.4) is 0 Å². The van der Waals surface area contributed by atoms with Crippen LogP contribution in [0.4, 0.5) is 11.6 Å². The van der Waals surface area contributed by atoms with Gasteiger partial charge in [0.2, 0.25) is 5.95 Å². The number of benzene rings is 1. The number of nitrogens with zero attached hydrogens (tertiary/aromatic N) is 3. The minimum atomic E-state index is -0.352. The molecule has 0 radical (unpaired) electrons. The maximum Gasteiger partial charge on any atom is 0.261 e. The number of aryl methyl sites for hydroxylation is 1. The smallest absolute Gasteiger partial charge is 0.261 e. The van der Waals surface area contributed by atoms with E-state index < -0.39 is 0 Å². The maximum absolute atomic E-state index is 12.1. The first-order chi connectivity index (χ1) is 8.63. The van der Waals surface area contributed by atoms with Crippen molar-refractivity contribution in [3.05, 3.63) is 30.1 Å². The number of amides is 1. The van der Waals surface area contributed by atoms with Gasteiger partial charge >= 0.3 is 0 Å². The number of nitrogen functional groups attached to an aromatic ring is 1. The van der Waals surface area contributed by atoms with Gasteiger partial charge < -0.3 is 10.5 Å². The summed E-state index contributed by atoms with van der Waals surface area (Å²) in [5.41, 5.74) is 6.49. The van der Waals surface area contributed by atoms with E-state index in [1.54, 1.807) is 25.2 Å². The van der Waals surface area contributed by atoms with Gasteiger partial charge in [-0.15, -0.1) is 0 Å². The number of rotatable bonds is 3. The van der Waals surface area contributed by atoms with Crippen LogP contribution < -0.4 is 15.8 Å². The Morgan fingerprint density at radius 3 is 2.89 bits per heavy atom. The molecule has 0 fully saturated rings. The van der Waals surface area contributed by atoms with Gasteiger partial charge in [-0.25, -0.2) is 4.68 Å². The zero-order valence-corrected chi connectivity index (χ0v) is 10.0. The lowest BCUT2D eigenvalue weighted by Gasteiger charge is -2.10. The highest BCUT2D eigenvalue weighted by atomic mass is 16.5. The number of methoxy groups -OCH3 is 1. The molecule has 1 aromatic heterocycles. The summed E-state index contributed by atoms with van der Waals surface area (Å²) in [6.07, 6.45) is 1.35. The normalized spacial score (nSPS) is 10.1. The highest BCUT2D eigenvalue weighted by molar-refractivity contribution is 6.06. The Morgan fingerprint density at radius 1 is 1.50 bits per heavy atom. The van der Waals surface area contributed by atoms with Crippen molar-refractivity contribution in [2.24, 2.45) is 7.05 Å². The molecule has 0 aliphatic heterocycles. The molecule has 0 unspecified atom stereocenters. The molecule has 0 spiro atoms. The van der Waals surface area contributed by atoms with Gasteiger partial charge in [0, 0.05) is 7.05 Å². The Morgan fingerprint density at radius 2 is 2.28 bits per heavy atom. The lowest BCUT2D eigenvalue weighted by Crippen LogP contribution is -2.16. The third-order valence-corrected chi connectivity index (χ3v) is 2.43. The van der Waals surface area contributed by atoms with E-state index in [1.807, 2.05) is 0 Å². The second-order valence-corrected chi connectivity index (χ2v) is 3.59. The summed E-state index contributed by atoms with van der Waals surface area (Å²) in [7, 11) is 3.14. The van der Waals surface area contributed by atoms with Crippen molar-refractivity contribution in [3.8, 4) is 5.75 Å². The fraction of sp³-hybridized carbons (Fsp3) is 0.182. The fourth-order valence-corrected chi connectivity index (χ4v) is 1.54. The quantitative estimate of drug-likeness (QED) is 0.777.